The Kier molecular flexibility index (Phi) is 2.22. The fourth-order valence-corrected chi connectivity index (χ4v) is 1.28. The van der Waals surface area contributed by atoms with Crippen molar-refractivity contribution in [2.45, 2.75) is 52.6 Å². The zero-order chi connectivity index (χ0) is 10.3. The van der Waals surface area contributed by atoms with Crippen molar-refractivity contribution < 1.29 is 4.80 Å². The Labute approximate surface area is 80.4 Å². The summed E-state index contributed by atoms with van der Waals surface area (Å²) in [6.45, 7) is 13.0. The first kappa shape index (κ1) is 10.2. The van der Waals surface area contributed by atoms with Crippen LogP contribution in [0.2, 0.25) is 0 Å². The monoisotopic (exact) mass is 182 g/mol. The van der Waals surface area contributed by atoms with Crippen LogP contribution in [-0.2, 0) is 11.1 Å². The summed E-state index contributed by atoms with van der Waals surface area (Å²) >= 11 is 0. The molecule has 0 saturated carbocycles. The summed E-state index contributed by atoms with van der Waals surface area (Å²) in [4.78, 5) is 2.02. The topological polar surface area (TPSA) is 21.7 Å². The van der Waals surface area contributed by atoms with Crippen LogP contribution in [0, 0.1) is 0 Å². The van der Waals surface area contributed by atoms with Gasteiger partial charge < -0.3 is 0 Å². The smallest absolute Gasteiger partial charge is 0.129 e. The molecule has 0 aliphatic heterocycles. The van der Waals surface area contributed by atoms with Crippen LogP contribution in [0.4, 0.5) is 0 Å². The number of hydrogen-bond acceptors (Lipinski definition) is 1. The maximum atomic E-state index is 4.33. The molecule has 0 atom stereocenters. The van der Waals surface area contributed by atoms with Crippen molar-refractivity contribution in [3.63, 3.8) is 0 Å². The third-order valence-electron chi connectivity index (χ3n) is 1.88. The molecule has 3 heteroatoms. The van der Waals surface area contributed by atoms with Gasteiger partial charge in [0.25, 0.3) is 0 Å². The molecule has 0 spiro atoms. The largest absolute Gasteiger partial charge is 0.211 e. The highest BCUT2D eigenvalue weighted by Gasteiger charge is 2.32. The fourth-order valence-electron chi connectivity index (χ4n) is 1.28. The molecule has 0 aliphatic rings. The van der Waals surface area contributed by atoms with Crippen molar-refractivity contribution >= 4 is 0 Å². The minimum Gasteiger partial charge on any atom is -0.129 e. The number of aromatic nitrogens is 3. The van der Waals surface area contributed by atoms with Crippen LogP contribution >= 0.6 is 0 Å². The first-order chi connectivity index (χ1) is 5.73. The van der Waals surface area contributed by atoms with E-state index in [-0.39, 0.29) is 11.1 Å². The molecule has 0 fully saturated rings. The van der Waals surface area contributed by atoms with Crippen molar-refractivity contribution in [1.82, 2.24) is 9.78 Å². The van der Waals surface area contributed by atoms with Gasteiger partial charge in [0.1, 0.15) is 6.20 Å². The second kappa shape index (κ2) is 2.82. The lowest BCUT2D eigenvalue weighted by Gasteiger charge is -2.20. The van der Waals surface area contributed by atoms with E-state index in [0.29, 0.717) is 0 Å². The molecular formula is C10H20N3+. The van der Waals surface area contributed by atoms with E-state index in [4.69, 9.17) is 0 Å². The van der Waals surface area contributed by atoms with Crippen molar-refractivity contribution in [2.24, 2.45) is 0 Å². The van der Waals surface area contributed by atoms with Gasteiger partial charge in [0.05, 0.1) is 11.7 Å². The van der Waals surface area contributed by atoms with E-state index in [1.165, 1.54) is 0 Å². The first-order valence-electron chi connectivity index (χ1n) is 4.70. The van der Waals surface area contributed by atoms with Gasteiger partial charge >= 0.3 is 0 Å². The maximum Gasteiger partial charge on any atom is 0.211 e. The van der Waals surface area contributed by atoms with Gasteiger partial charge in [0.2, 0.25) is 5.54 Å². The molecular weight excluding hydrogens is 162 g/mol. The quantitative estimate of drug-likeness (QED) is 0.559. The van der Waals surface area contributed by atoms with Crippen LogP contribution in [0.15, 0.2) is 12.4 Å². The van der Waals surface area contributed by atoms with E-state index in [9.17, 15) is 0 Å². The predicted octanol–water partition coefficient (Wildman–Crippen LogP) is 1.68. The lowest BCUT2D eigenvalue weighted by atomic mass is 10.1. The number of hydrogen-bond donors (Lipinski definition) is 0. The van der Waals surface area contributed by atoms with Crippen molar-refractivity contribution in [1.29, 1.82) is 0 Å². The molecule has 0 radical (unpaired) electrons. The van der Waals surface area contributed by atoms with Gasteiger partial charge in [-0.15, -0.1) is 4.68 Å². The van der Waals surface area contributed by atoms with Crippen molar-refractivity contribution in [2.75, 3.05) is 0 Å². The zero-order valence-electron chi connectivity index (χ0n) is 9.50. The lowest BCUT2D eigenvalue weighted by Crippen LogP contribution is -2.61. The Bertz CT molecular complexity index is 257. The van der Waals surface area contributed by atoms with E-state index in [1.807, 2.05) is 17.2 Å². The summed E-state index contributed by atoms with van der Waals surface area (Å²) < 4.78 is 2.16. The molecule has 3 nitrogen and oxygen atoms in total. The Balaban J connectivity index is 3.19. The second-order valence-corrected chi connectivity index (χ2v) is 5.39. The summed E-state index contributed by atoms with van der Waals surface area (Å²) in [5, 5.41) is 4.33. The minimum absolute atomic E-state index is 0.0385. The van der Waals surface area contributed by atoms with E-state index >= 15 is 0 Å². The van der Waals surface area contributed by atoms with Crippen molar-refractivity contribution in [3.05, 3.63) is 12.4 Å². The van der Waals surface area contributed by atoms with Gasteiger partial charge in [-0.2, -0.15) is 0 Å². The molecule has 0 aromatic carbocycles. The average molecular weight is 182 g/mol. The molecule has 0 aliphatic carbocycles. The normalized spacial score (nSPS) is 13.4. The highest BCUT2D eigenvalue weighted by molar-refractivity contribution is 4.72. The molecule has 74 valence electrons. The lowest BCUT2D eigenvalue weighted by molar-refractivity contribution is -0.876. The van der Waals surface area contributed by atoms with Gasteiger partial charge in [-0.25, -0.2) is 0 Å². The van der Waals surface area contributed by atoms with Crippen LogP contribution in [0.25, 0.3) is 0 Å². The van der Waals surface area contributed by atoms with Crippen LogP contribution in [0.1, 0.15) is 41.5 Å². The SMILES string of the molecule is CC(C)(C)n1ccn[n+]1C(C)(C)C. The maximum absolute atomic E-state index is 4.33. The Morgan fingerprint density at radius 1 is 1.08 bits per heavy atom. The predicted molar refractivity (Wildman–Crippen MR) is 52.4 cm³/mol. The molecule has 1 heterocycles. The summed E-state index contributed by atoms with van der Waals surface area (Å²) in [6, 6.07) is 0. The molecule has 0 amide bonds. The van der Waals surface area contributed by atoms with Gasteiger partial charge in [-0.1, -0.05) is 0 Å². The van der Waals surface area contributed by atoms with Crippen LogP contribution in [0.3, 0.4) is 0 Å². The Hall–Kier alpha value is -0.860. The molecule has 1 aromatic rings. The molecule has 1 rings (SSSR count). The summed E-state index contributed by atoms with van der Waals surface area (Å²) in [6.07, 6.45) is 3.86. The summed E-state index contributed by atoms with van der Waals surface area (Å²) in [5.41, 5.74) is 0.126. The molecule has 13 heavy (non-hydrogen) atoms. The summed E-state index contributed by atoms with van der Waals surface area (Å²) in [5.74, 6) is 0. The molecule has 0 saturated heterocycles. The third-order valence-corrected chi connectivity index (χ3v) is 1.88. The van der Waals surface area contributed by atoms with E-state index in [2.05, 4.69) is 51.3 Å². The Morgan fingerprint density at radius 2 is 1.62 bits per heavy atom. The highest BCUT2D eigenvalue weighted by atomic mass is 15.6. The zero-order valence-corrected chi connectivity index (χ0v) is 9.50. The molecule has 0 N–H and O–H groups in total. The molecule has 0 unspecified atom stereocenters. The van der Waals surface area contributed by atoms with Gasteiger partial charge in [-0.05, 0) is 20.8 Å². The van der Waals surface area contributed by atoms with E-state index in [0.717, 1.165) is 0 Å². The fraction of sp³-hybridized carbons (Fsp3) is 0.800. The van der Waals surface area contributed by atoms with Crippen LogP contribution in [0.5, 0.6) is 0 Å². The van der Waals surface area contributed by atoms with Crippen molar-refractivity contribution in [3.8, 4) is 0 Å². The van der Waals surface area contributed by atoms with Gasteiger partial charge in [-0.3, -0.25) is 0 Å². The standard InChI is InChI=1S/C10H20N3/c1-9(2,3)12-8-7-11-13(12)10(4,5)6/h7-8H,1-6H3/q+1. The number of rotatable bonds is 0. The first-order valence-corrected chi connectivity index (χ1v) is 4.70. The van der Waals surface area contributed by atoms with Gasteiger partial charge in [0.15, 0.2) is 0 Å². The highest BCUT2D eigenvalue weighted by Crippen LogP contribution is 2.12. The van der Waals surface area contributed by atoms with Crippen LogP contribution < -0.4 is 4.80 Å². The number of nitrogens with zero attached hydrogens (tertiary/aromatic N) is 3. The third kappa shape index (κ3) is 2.08. The van der Waals surface area contributed by atoms with Gasteiger partial charge in [0, 0.05) is 30.7 Å². The Morgan fingerprint density at radius 3 is 1.92 bits per heavy atom. The van der Waals surface area contributed by atoms with Crippen LogP contribution in [-0.4, -0.2) is 9.78 Å². The summed E-state index contributed by atoms with van der Waals surface area (Å²) in [7, 11) is 0. The average Bonchev–Trinajstić information content (AvgIpc) is 2.27. The second-order valence-electron chi connectivity index (χ2n) is 5.39. The van der Waals surface area contributed by atoms with E-state index in [1.54, 1.807) is 0 Å². The minimum atomic E-state index is 0.0385. The van der Waals surface area contributed by atoms with E-state index < -0.39 is 0 Å². The molecule has 1 aromatic heterocycles. The molecule has 0 bridgehead atoms.